The zero-order valence-corrected chi connectivity index (χ0v) is 25.7. The maximum absolute atomic E-state index is 15.4. The van der Waals surface area contributed by atoms with E-state index in [0.29, 0.717) is 33.6 Å². The first-order valence-electron chi connectivity index (χ1n) is 14.5. The van der Waals surface area contributed by atoms with Crippen LogP contribution in [0.3, 0.4) is 0 Å². The first-order chi connectivity index (χ1) is 23.3. The van der Waals surface area contributed by atoms with Crippen LogP contribution in [0.5, 0.6) is 5.75 Å². The number of carboxylic acids is 4. The van der Waals surface area contributed by atoms with Gasteiger partial charge >= 0.3 is 23.9 Å². The molecule has 0 radical (unpaired) electrons. The van der Waals surface area contributed by atoms with Gasteiger partial charge in [-0.05, 0) is 70.8 Å². The zero-order chi connectivity index (χ0) is 35.8. The number of amides is 2. The summed E-state index contributed by atoms with van der Waals surface area (Å²) in [5, 5.41) is 40.7. The molecule has 0 bridgehead atoms. The van der Waals surface area contributed by atoms with Gasteiger partial charge in [0.15, 0.2) is 0 Å². The summed E-state index contributed by atoms with van der Waals surface area (Å²) in [7, 11) is 1.41. The van der Waals surface area contributed by atoms with Gasteiger partial charge in [0, 0.05) is 22.3 Å². The fourth-order valence-corrected chi connectivity index (χ4v) is 4.90. The van der Waals surface area contributed by atoms with E-state index in [1.54, 1.807) is 48.5 Å². The van der Waals surface area contributed by atoms with E-state index < -0.39 is 66.4 Å². The van der Waals surface area contributed by atoms with Gasteiger partial charge in [0.2, 0.25) is 0 Å². The van der Waals surface area contributed by atoms with E-state index >= 15 is 4.39 Å². The summed E-state index contributed by atoms with van der Waals surface area (Å²) < 4.78 is 20.9. The van der Waals surface area contributed by atoms with Crippen LogP contribution in [0.2, 0.25) is 0 Å². The molecule has 0 aliphatic carbocycles. The molecule has 252 valence electrons. The van der Waals surface area contributed by atoms with Crippen molar-refractivity contribution >= 4 is 35.7 Å². The van der Waals surface area contributed by atoms with Crippen molar-refractivity contribution in [1.29, 1.82) is 0 Å². The summed E-state index contributed by atoms with van der Waals surface area (Å²) in [5.41, 5.74) is 2.85. The lowest BCUT2D eigenvalue weighted by Crippen LogP contribution is -2.42. The average Bonchev–Trinajstić information content (AvgIpc) is 3.07. The lowest BCUT2D eigenvalue weighted by molar-refractivity contribution is -0.145. The van der Waals surface area contributed by atoms with Gasteiger partial charge in [-0.3, -0.25) is 19.2 Å². The largest absolute Gasteiger partial charge is 0.496 e. The Morgan fingerprint density at radius 1 is 0.612 bits per heavy atom. The van der Waals surface area contributed by atoms with Crippen molar-refractivity contribution in [2.45, 2.75) is 24.9 Å². The minimum Gasteiger partial charge on any atom is -0.496 e. The van der Waals surface area contributed by atoms with E-state index in [1.807, 2.05) is 0 Å². The highest BCUT2D eigenvalue weighted by Crippen LogP contribution is 2.38. The van der Waals surface area contributed by atoms with E-state index in [-0.39, 0.29) is 16.7 Å². The molecule has 0 saturated heterocycles. The molecule has 0 heterocycles. The zero-order valence-electron chi connectivity index (χ0n) is 25.7. The van der Waals surface area contributed by atoms with Gasteiger partial charge in [0.1, 0.15) is 23.7 Å². The molecule has 49 heavy (non-hydrogen) atoms. The monoisotopic (exact) mass is 672 g/mol. The summed E-state index contributed by atoms with van der Waals surface area (Å²) in [4.78, 5) is 70.1. The molecule has 0 aliphatic rings. The molecule has 4 aromatic carbocycles. The number of carbonyl (C=O) groups excluding carboxylic acids is 2. The summed E-state index contributed by atoms with van der Waals surface area (Å²) in [6, 6.07) is 18.1. The van der Waals surface area contributed by atoms with Crippen LogP contribution in [-0.4, -0.2) is 75.3 Å². The maximum Gasteiger partial charge on any atom is 0.326 e. The first-order valence-corrected chi connectivity index (χ1v) is 14.5. The molecule has 14 heteroatoms. The number of carboxylic acid groups (broad SMARTS) is 4. The molecular weight excluding hydrogens is 643 g/mol. The summed E-state index contributed by atoms with van der Waals surface area (Å²) in [6.07, 6.45) is -1.61. The highest BCUT2D eigenvalue weighted by atomic mass is 19.1. The third kappa shape index (κ3) is 8.83. The quantitative estimate of drug-likeness (QED) is 0.112. The minimum absolute atomic E-state index is 0.0668. The van der Waals surface area contributed by atoms with E-state index in [9.17, 15) is 39.0 Å². The molecule has 4 aromatic rings. The SMILES string of the molecule is COc1ccc(-c2cccc(C(=O)N[C@@H](CC(=O)O)C(=O)O)c2)cc1-c1cc(-c2ccc(C(=O)N[C@@H](CC(=O)O)C(=O)O)cc2)ccc1F. The second kappa shape index (κ2) is 15.3. The molecule has 0 unspecified atom stereocenters. The summed E-state index contributed by atoms with van der Waals surface area (Å²) in [6.45, 7) is 0. The van der Waals surface area contributed by atoms with Crippen molar-refractivity contribution in [2.24, 2.45) is 0 Å². The predicted molar refractivity (Wildman–Crippen MR) is 172 cm³/mol. The van der Waals surface area contributed by atoms with Crippen LogP contribution in [0.25, 0.3) is 33.4 Å². The van der Waals surface area contributed by atoms with Crippen molar-refractivity contribution in [3.05, 3.63) is 102 Å². The number of carbonyl (C=O) groups is 6. The lowest BCUT2D eigenvalue weighted by atomic mass is 9.94. The van der Waals surface area contributed by atoms with Crippen molar-refractivity contribution in [3.63, 3.8) is 0 Å². The van der Waals surface area contributed by atoms with Gasteiger partial charge in [-0.15, -0.1) is 0 Å². The van der Waals surface area contributed by atoms with E-state index in [4.69, 9.17) is 14.9 Å². The molecule has 4 rings (SSSR count). The number of aliphatic carboxylic acids is 4. The Kier molecular flexibility index (Phi) is 11.1. The van der Waals surface area contributed by atoms with Crippen molar-refractivity contribution in [2.75, 3.05) is 7.11 Å². The molecule has 0 fully saturated rings. The fourth-order valence-electron chi connectivity index (χ4n) is 4.90. The first kappa shape index (κ1) is 35.3. The molecule has 0 saturated carbocycles. The summed E-state index contributed by atoms with van der Waals surface area (Å²) in [5.74, 6) is -7.62. The Bertz CT molecular complexity index is 1940. The standard InChI is InChI=1S/C35H29FN2O11/c1-49-29-12-10-22(20-3-2-4-23(13-20)33(44)38-28(35(47)48)17-31(41)42)15-25(29)24-14-21(9-11-26(24)36)18-5-7-19(8-6-18)32(43)37-27(34(45)46)16-30(39)40/h2-15,27-28H,16-17H2,1H3,(H,37,43)(H,38,44)(H,39,40)(H,41,42)(H,45,46)(H,47,48)/t27-,28-/m0/s1. The number of methoxy groups -OCH3 is 1. The smallest absolute Gasteiger partial charge is 0.326 e. The number of ether oxygens (including phenoxy) is 1. The van der Waals surface area contributed by atoms with E-state index in [0.717, 1.165) is 0 Å². The van der Waals surface area contributed by atoms with E-state index in [2.05, 4.69) is 10.6 Å². The normalized spacial score (nSPS) is 11.9. The predicted octanol–water partition coefficient (Wildman–Crippen LogP) is 4.15. The third-order valence-corrected chi connectivity index (χ3v) is 7.36. The van der Waals surface area contributed by atoms with Crippen LogP contribution in [0, 0.1) is 5.82 Å². The Morgan fingerprint density at radius 2 is 1.10 bits per heavy atom. The Balaban J connectivity index is 1.63. The minimum atomic E-state index is -1.64. The lowest BCUT2D eigenvalue weighted by Gasteiger charge is -2.15. The van der Waals surface area contributed by atoms with Crippen molar-refractivity contribution in [1.82, 2.24) is 10.6 Å². The second-order valence-electron chi connectivity index (χ2n) is 10.7. The number of benzene rings is 4. The number of nitrogens with one attached hydrogen (secondary N) is 2. The third-order valence-electron chi connectivity index (χ3n) is 7.36. The Hall–Kier alpha value is -6.57. The van der Waals surface area contributed by atoms with Gasteiger partial charge in [0.25, 0.3) is 11.8 Å². The molecule has 6 N–H and O–H groups in total. The Morgan fingerprint density at radius 3 is 1.65 bits per heavy atom. The highest BCUT2D eigenvalue weighted by molar-refractivity contribution is 5.99. The second-order valence-corrected chi connectivity index (χ2v) is 10.7. The maximum atomic E-state index is 15.4. The van der Waals surface area contributed by atoms with Crippen LogP contribution in [0.1, 0.15) is 33.6 Å². The van der Waals surface area contributed by atoms with Gasteiger partial charge in [-0.25, -0.2) is 14.0 Å². The fraction of sp³-hybridized carbons (Fsp3) is 0.143. The molecule has 0 aliphatic heterocycles. The number of hydrogen-bond acceptors (Lipinski definition) is 7. The van der Waals surface area contributed by atoms with Gasteiger partial charge in [-0.2, -0.15) is 0 Å². The summed E-state index contributed by atoms with van der Waals surface area (Å²) >= 11 is 0. The molecule has 2 atom stereocenters. The van der Waals surface area contributed by atoms with E-state index in [1.165, 1.54) is 43.5 Å². The van der Waals surface area contributed by atoms with Crippen LogP contribution < -0.4 is 15.4 Å². The van der Waals surface area contributed by atoms with Crippen LogP contribution in [0.15, 0.2) is 84.9 Å². The highest BCUT2D eigenvalue weighted by Gasteiger charge is 2.25. The average molecular weight is 673 g/mol. The number of rotatable bonds is 14. The van der Waals surface area contributed by atoms with Crippen molar-refractivity contribution in [3.8, 4) is 39.1 Å². The van der Waals surface area contributed by atoms with Crippen LogP contribution >= 0.6 is 0 Å². The molecule has 2 amide bonds. The number of hydrogen-bond donors (Lipinski definition) is 6. The van der Waals surface area contributed by atoms with Gasteiger partial charge in [-0.1, -0.05) is 36.4 Å². The molecule has 0 aromatic heterocycles. The molecule has 13 nitrogen and oxygen atoms in total. The molecular formula is C35H29FN2O11. The van der Waals surface area contributed by atoms with Crippen LogP contribution in [-0.2, 0) is 19.2 Å². The molecule has 0 spiro atoms. The van der Waals surface area contributed by atoms with Gasteiger partial charge in [0.05, 0.1) is 20.0 Å². The number of halogens is 1. The van der Waals surface area contributed by atoms with Crippen LogP contribution in [0.4, 0.5) is 4.39 Å². The van der Waals surface area contributed by atoms with Crippen molar-refractivity contribution < 1.29 is 58.3 Å². The topological polar surface area (TPSA) is 217 Å². The Labute approximate surface area is 277 Å². The van der Waals surface area contributed by atoms with Gasteiger partial charge < -0.3 is 35.8 Å².